The van der Waals surface area contributed by atoms with Gasteiger partial charge in [-0.15, -0.1) is 0 Å². The minimum Gasteiger partial charge on any atom is -0.390 e. The lowest BCUT2D eigenvalue weighted by atomic mass is 9.79. The topological polar surface area (TPSA) is 54.4 Å². The van der Waals surface area contributed by atoms with Crippen molar-refractivity contribution in [2.24, 2.45) is 5.92 Å². The van der Waals surface area contributed by atoms with Gasteiger partial charge in [0.2, 0.25) is 0 Å². The van der Waals surface area contributed by atoms with Gasteiger partial charge >= 0.3 is 0 Å². The largest absolute Gasteiger partial charge is 0.390 e. The Morgan fingerprint density at radius 3 is 2.04 bits per heavy atom. The van der Waals surface area contributed by atoms with E-state index < -0.39 is 5.60 Å². The first-order valence-electron chi connectivity index (χ1n) is 9.66. The van der Waals surface area contributed by atoms with Crippen LogP contribution in [0.4, 0.5) is 0 Å². The molecule has 0 spiro atoms. The standard InChI is InChI=1S/C23H32O3/c1-14(2)8-7-10-23(6,26)11-9-18-17(5)21(24)19-12-15(3)16(4)13-20(19)22(18)25/h12-14,26H,7-11H2,1-6H3. The number of Topliss-reactive ketones (excluding diaryl/α,β-unsaturated/α-hetero) is 2. The second kappa shape index (κ2) is 7.87. The quantitative estimate of drug-likeness (QED) is 0.716. The van der Waals surface area contributed by atoms with Crippen LogP contribution in [0.2, 0.25) is 0 Å². The SMILES string of the molecule is CC1=C(CCC(C)(O)CCCC(C)C)C(=O)c2cc(C)c(C)cc2C1=O. The first-order chi connectivity index (χ1) is 12.0. The summed E-state index contributed by atoms with van der Waals surface area (Å²) in [5.74, 6) is 0.506. The molecule has 0 heterocycles. The number of hydrogen-bond acceptors (Lipinski definition) is 3. The van der Waals surface area contributed by atoms with Gasteiger partial charge < -0.3 is 5.11 Å². The highest BCUT2D eigenvalue weighted by Gasteiger charge is 2.31. The van der Waals surface area contributed by atoms with Crippen LogP contribution in [0.25, 0.3) is 0 Å². The van der Waals surface area contributed by atoms with Crippen LogP contribution in [0.15, 0.2) is 23.3 Å². The fraction of sp³-hybridized carbons (Fsp3) is 0.565. The maximum atomic E-state index is 13.0. The number of carbonyl (C=O) groups is 2. The van der Waals surface area contributed by atoms with E-state index in [-0.39, 0.29) is 11.6 Å². The zero-order valence-electron chi connectivity index (χ0n) is 17.0. The summed E-state index contributed by atoms with van der Waals surface area (Å²) in [6.45, 7) is 11.8. The molecule has 26 heavy (non-hydrogen) atoms. The number of ketones is 2. The summed E-state index contributed by atoms with van der Waals surface area (Å²) in [6.07, 6.45) is 3.71. The van der Waals surface area contributed by atoms with Crippen LogP contribution in [0.5, 0.6) is 0 Å². The van der Waals surface area contributed by atoms with E-state index >= 15 is 0 Å². The first kappa shape index (κ1) is 20.6. The summed E-state index contributed by atoms with van der Waals surface area (Å²) < 4.78 is 0. The van der Waals surface area contributed by atoms with E-state index in [1.54, 1.807) is 6.92 Å². The van der Waals surface area contributed by atoms with E-state index in [1.165, 1.54) is 0 Å². The van der Waals surface area contributed by atoms with Crippen LogP contribution in [0.3, 0.4) is 0 Å². The van der Waals surface area contributed by atoms with Gasteiger partial charge in [0.1, 0.15) is 0 Å². The summed E-state index contributed by atoms with van der Waals surface area (Å²) in [7, 11) is 0. The Balaban J connectivity index is 2.17. The van der Waals surface area contributed by atoms with Gasteiger partial charge in [0.15, 0.2) is 11.6 Å². The number of benzene rings is 1. The van der Waals surface area contributed by atoms with E-state index in [2.05, 4.69) is 13.8 Å². The van der Waals surface area contributed by atoms with Gasteiger partial charge in [0.25, 0.3) is 0 Å². The lowest BCUT2D eigenvalue weighted by Crippen LogP contribution is -2.27. The molecule has 1 aliphatic carbocycles. The number of aryl methyl sites for hydroxylation is 2. The predicted molar refractivity (Wildman–Crippen MR) is 106 cm³/mol. The Hall–Kier alpha value is -1.74. The van der Waals surface area contributed by atoms with Gasteiger partial charge in [-0.25, -0.2) is 0 Å². The lowest BCUT2D eigenvalue weighted by molar-refractivity contribution is 0.0387. The average molecular weight is 357 g/mol. The van der Waals surface area contributed by atoms with Gasteiger partial charge in [-0.05, 0) is 76.1 Å². The van der Waals surface area contributed by atoms with E-state index in [1.807, 2.05) is 32.9 Å². The van der Waals surface area contributed by atoms with Crippen molar-refractivity contribution in [2.45, 2.75) is 79.2 Å². The Bertz CT molecular complexity index is 751. The van der Waals surface area contributed by atoms with Crippen LogP contribution in [0, 0.1) is 19.8 Å². The average Bonchev–Trinajstić information content (AvgIpc) is 2.54. The molecule has 0 radical (unpaired) electrons. The highest BCUT2D eigenvalue weighted by molar-refractivity contribution is 6.26. The molecule has 2 rings (SSSR count). The smallest absolute Gasteiger partial charge is 0.190 e. The summed E-state index contributed by atoms with van der Waals surface area (Å²) in [5.41, 5.74) is 3.35. The third-order valence-corrected chi connectivity index (χ3v) is 5.60. The molecule has 142 valence electrons. The molecule has 0 aliphatic heterocycles. The van der Waals surface area contributed by atoms with Gasteiger partial charge in [-0.1, -0.05) is 26.7 Å². The number of aliphatic hydroxyl groups is 1. The van der Waals surface area contributed by atoms with Crippen LogP contribution in [-0.2, 0) is 0 Å². The Kier molecular flexibility index (Phi) is 6.23. The summed E-state index contributed by atoms with van der Waals surface area (Å²) in [5, 5.41) is 10.7. The highest BCUT2D eigenvalue weighted by atomic mass is 16.3. The molecule has 0 fully saturated rings. The number of allylic oxidation sites excluding steroid dienone is 2. The molecule has 1 aromatic rings. The van der Waals surface area contributed by atoms with Crippen molar-refractivity contribution in [1.82, 2.24) is 0 Å². The van der Waals surface area contributed by atoms with Crippen LogP contribution < -0.4 is 0 Å². The number of hydrogen-bond donors (Lipinski definition) is 1. The second-order valence-electron chi connectivity index (χ2n) is 8.53. The molecule has 1 aromatic carbocycles. The third kappa shape index (κ3) is 4.50. The van der Waals surface area contributed by atoms with Crippen LogP contribution in [0.1, 0.15) is 91.6 Å². The third-order valence-electron chi connectivity index (χ3n) is 5.60. The molecule has 3 nitrogen and oxygen atoms in total. The van der Waals surface area contributed by atoms with E-state index in [0.29, 0.717) is 47.5 Å². The van der Waals surface area contributed by atoms with E-state index in [4.69, 9.17) is 0 Å². The molecule has 0 bridgehead atoms. The predicted octanol–water partition coefficient (Wildman–Crippen LogP) is 5.36. The van der Waals surface area contributed by atoms with Crippen molar-refractivity contribution in [1.29, 1.82) is 0 Å². The van der Waals surface area contributed by atoms with Crippen molar-refractivity contribution in [3.05, 3.63) is 45.5 Å². The molecule has 1 atom stereocenters. The van der Waals surface area contributed by atoms with E-state index in [9.17, 15) is 14.7 Å². The molecule has 1 aliphatic rings. The first-order valence-corrected chi connectivity index (χ1v) is 9.66. The van der Waals surface area contributed by atoms with Crippen molar-refractivity contribution in [2.75, 3.05) is 0 Å². The fourth-order valence-electron chi connectivity index (χ4n) is 3.58. The summed E-state index contributed by atoms with van der Waals surface area (Å²) in [6, 6.07) is 3.66. The second-order valence-corrected chi connectivity index (χ2v) is 8.53. The molecule has 0 amide bonds. The molecule has 3 heteroatoms. The number of fused-ring (bicyclic) bond motifs is 1. The van der Waals surface area contributed by atoms with Crippen LogP contribution >= 0.6 is 0 Å². The fourth-order valence-corrected chi connectivity index (χ4v) is 3.58. The van der Waals surface area contributed by atoms with E-state index in [0.717, 1.165) is 24.0 Å². The van der Waals surface area contributed by atoms with Gasteiger partial charge in [0, 0.05) is 22.3 Å². The minimum absolute atomic E-state index is 0.0572. The minimum atomic E-state index is -0.811. The lowest BCUT2D eigenvalue weighted by Gasteiger charge is -2.26. The Labute approximate surface area is 157 Å². The number of carbonyl (C=O) groups excluding carboxylic acids is 2. The zero-order chi connectivity index (χ0) is 19.6. The molecule has 0 saturated heterocycles. The zero-order valence-corrected chi connectivity index (χ0v) is 17.0. The maximum Gasteiger partial charge on any atom is 0.190 e. The monoisotopic (exact) mass is 356 g/mol. The molecule has 1 unspecified atom stereocenters. The Morgan fingerprint density at radius 1 is 0.962 bits per heavy atom. The summed E-state index contributed by atoms with van der Waals surface area (Å²) >= 11 is 0. The van der Waals surface area contributed by atoms with Crippen molar-refractivity contribution in [3.63, 3.8) is 0 Å². The van der Waals surface area contributed by atoms with Crippen molar-refractivity contribution in [3.8, 4) is 0 Å². The van der Waals surface area contributed by atoms with Gasteiger partial charge in [-0.3, -0.25) is 9.59 Å². The number of rotatable bonds is 7. The van der Waals surface area contributed by atoms with Crippen molar-refractivity contribution < 1.29 is 14.7 Å². The molecular formula is C23H32O3. The molecule has 0 aromatic heterocycles. The van der Waals surface area contributed by atoms with Gasteiger partial charge in [0.05, 0.1) is 5.60 Å². The Morgan fingerprint density at radius 2 is 1.50 bits per heavy atom. The summed E-state index contributed by atoms with van der Waals surface area (Å²) in [4.78, 5) is 25.7. The van der Waals surface area contributed by atoms with Crippen molar-refractivity contribution >= 4 is 11.6 Å². The van der Waals surface area contributed by atoms with Crippen LogP contribution in [-0.4, -0.2) is 22.3 Å². The molecule has 0 saturated carbocycles. The molecule has 1 N–H and O–H groups in total. The molecular weight excluding hydrogens is 324 g/mol. The maximum absolute atomic E-state index is 13.0. The normalized spacial score (nSPS) is 16.9. The van der Waals surface area contributed by atoms with Gasteiger partial charge in [-0.2, -0.15) is 0 Å². The highest BCUT2D eigenvalue weighted by Crippen LogP contribution is 2.32.